The Hall–Kier alpha value is -2.45. The van der Waals surface area contributed by atoms with Crippen molar-refractivity contribution in [2.24, 2.45) is 10.2 Å². The fourth-order valence-electron chi connectivity index (χ4n) is 1.72. The molecule has 0 saturated carbocycles. The molecular weight excluding hydrogens is 306 g/mol. The van der Waals surface area contributed by atoms with Gasteiger partial charge in [-0.25, -0.2) is 4.98 Å². The van der Waals surface area contributed by atoms with E-state index >= 15 is 0 Å². The second kappa shape index (κ2) is 6.54. The smallest absolute Gasteiger partial charge is 0.294 e. The Morgan fingerprint density at radius 3 is 2.55 bits per heavy atom. The van der Waals surface area contributed by atoms with E-state index in [0.717, 1.165) is 0 Å². The van der Waals surface area contributed by atoms with E-state index in [9.17, 15) is 13.2 Å². The molecule has 2 rings (SSSR count). The van der Waals surface area contributed by atoms with Gasteiger partial charge in [0, 0.05) is 11.8 Å². The molecular formula is C14H13N3O4S. The first-order chi connectivity index (χ1) is 10.4. The zero-order valence-corrected chi connectivity index (χ0v) is 12.5. The summed E-state index contributed by atoms with van der Waals surface area (Å²) < 4.78 is 31.6. The van der Waals surface area contributed by atoms with Crippen LogP contribution in [-0.4, -0.2) is 23.7 Å². The number of aromatic nitrogens is 1. The molecule has 8 heteroatoms. The van der Waals surface area contributed by atoms with Crippen LogP contribution in [0.4, 0.5) is 5.82 Å². The number of nitrogens with zero attached hydrogens (tertiary/aromatic N) is 3. The van der Waals surface area contributed by atoms with Crippen molar-refractivity contribution in [2.75, 3.05) is 0 Å². The molecule has 0 fully saturated rings. The van der Waals surface area contributed by atoms with Crippen LogP contribution in [0.1, 0.15) is 22.8 Å². The third kappa shape index (κ3) is 4.03. The molecule has 114 valence electrons. The van der Waals surface area contributed by atoms with Crippen LogP contribution in [0.2, 0.25) is 0 Å². The van der Waals surface area contributed by atoms with E-state index in [0.29, 0.717) is 16.9 Å². The minimum Gasteiger partial charge on any atom is -0.294 e. The van der Waals surface area contributed by atoms with Crippen molar-refractivity contribution >= 4 is 21.7 Å². The van der Waals surface area contributed by atoms with Crippen LogP contribution in [-0.2, 0) is 16.7 Å². The van der Waals surface area contributed by atoms with Gasteiger partial charge >= 0.3 is 0 Å². The van der Waals surface area contributed by atoms with Crippen molar-refractivity contribution in [2.45, 2.75) is 18.4 Å². The molecule has 0 aliphatic carbocycles. The molecule has 22 heavy (non-hydrogen) atoms. The summed E-state index contributed by atoms with van der Waals surface area (Å²) in [7, 11) is -4.30. The van der Waals surface area contributed by atoms with E-state index in [1.807, 2.05) is 0 Å². The lowest BCUT2D eigenvalue weighted by Crippen LogP contribution is -2.02. The van der Waals surface area contributed by atoms with Crippen LogP contribution in [0.25, 0.3) is 0 Å². The van der Waals surface area contributed by atoms with Gasteiger partial charge in [0.2, 0.25) is 0 Å². The van der Waals surface area contributed by atoms with Gasteiger partial charge in [0.15, 0.2) is 11.6 Å². The number of ketones is 1. The van der Waals surface area contributed by atoms with E-state index in [2.05, 4.69) is 15.2 Å². The largest absolute Gasteiger partial charge is 0.294 e. The van der Waals surface area contributed by atoms with Crippen molar-refractivity contribution in [3.05, 3.63) is 53.7 Å². The Kier molecular flexibility index (Phi) is 4.74. The Morgan fingerprint density at radius 2 is 1.95 bits per heavy atom. The lowest BCUT2D eigenvalue weighted by molar-refractivity contribution is 0.101. The standard InChI is InChI=1S/C14H13N3O4S/c1-10(18)11-6-7-14(15-8-11)17-16-9-12-4-2-3-5-13(12)22(19,20)21/h2-8H,9H2,1H3,(H,19,20,21). The van der Waals surface area contributed by atoms with E-state index in [4.69, 9.17) is 4.55 Å². The zero-order valence-electron chi connectivity index (χ0n) is 11.7. The number of azo groups is 1. The molecule has 0 amide bonds. The molecule has 0 bridgehead atoms. The predicted octanol–water partition coefficient (Wildman–Crippen LogP) is 2.81. The Bertz CT molecular complexity index is 814. The molecule has 0 radical (unpaired) electrons. The predicted molar refractivity (Wildman–Crippen MR) is 78.7 cm³/mol. The first-order valence-corrected chi connectivity index (χ1v) is 7.72. The van der Waals surface area contributed by atoms with Gasteiger partial charge < -0.3 is 0 Å². The Morgan fingerprint density at radius 1 is 1.23 bits per heavy atom. The van der Waals surface area contributed by atoms with E-state index < -0.39 is 10.1 Å². The molecule has 1 aromatic carbocycles. The highest BCUT2D eigenvalue weighted by molar-refractivity contribution is 7.85. The summed E-state index contributed by atoms with van der Waals surface area (Å²) in [4.78, 5) is 14.9. The summed E-state index contributed by atoms with van der Waals surface area (Å²) in [5.74, 6) is 0.201. The van der Waals surface area contributed by atoms with Crippen LogP contribution in [0.3, 0.4) is 0 Å². The summed E-state index contributed by atoms with van der Waals surface area (Å²) in [5.41, 5.74) is 0.796. The van der Waals surface area contributed by atoms with Crippen LogP contribution in [0.15, 0.2) is 57.7 Å². The lowest BCUT2D eigenvalue weighted by atomic mass is 10.2. The van der Waals surface area contributed by atoms with Gasteiger partial charge in [-0.2, -0.15) is 13.5 Å². The fraction of sp³-hybridized carbons (Fsp3) is 0.143. The third-order valence-electron chi connectivity index (χ3n) is 2.82. The van der Waals surface area contributed by atoms with Gasteiger partial charge in [-0.15, -0.1) is 5.11 Å². The SMILES string of the molecule is CC(=O)c1ccc(N=NCc2ccccc2S(=O)(=O)O)nc1. The maximum atomic E-state index is 11.2. The quantitative estimate of drug-likeness (QED) is 0.517. The minimum atomic E-state index is -4.30. The average molecular weight is 319 g/mol. The zero-order chi connectivity index (χ0) is 16.2. The summed E-state index contributed by atoms with van der Waals surface area (Å²) in [5, 5.41) is 7.71. The first kappa shape index (κ1) is 15.9. The number of rotatable bonds is 5. The van der Waals surface area contributed by atoms with Crippen molar-refractivity contribution in [3.8, 4) is 0 Å². The van der Waals surface area contributed by atoms with Crippen molar-refractivity contribution < 1.29 is 17.8 Å². The number of hydrogen-bond acceptors (Lipinski definition) is 6. The summed E-state index contributed by atoms with van der Waals surface area (Å²) in [6, 6.07) is 9.09. The summed E-state index contributed by atoms with van der Waals surface area (Å²) >= 11 is 0. The lowest BCUT2D eigenvalue weighted by Gasteiger charge is -2.02. The number of benzene rings is 1. The molecule has 7 nitrogen and oxygen atoms in total. The average Bonchev–Trinajstić information content (AvgIpc) is 2.47. The molecule has 1 heterocycles. The normalized spacial score (nSPS) is 11.7. The van der Waals surface area contributed by atoms with Gasteiger partial charge in [-0.05, 0) is 30.7 Å². The number of hydrogen-bond donors (Lipinski definition) is 1. The second-order valence-electron chi connectivity index (χ2n) is 4.44. The maximum absolute atomic E-state index is 11.2. The number of Topliss-reactive ketones (excluding diaryl/α,β-unsaturated/α-hetero) is 1. The molecule has 1 aromatic heterocycles. The summed E-state index contributed by atoms with van der Waals surface area (Å²) in [6.07, 6.45) is 1.39. The third-order valence-corrected chi connectivity index (χ3v) is 3.77. The van der Waals surface area contributed by atoms with Crippen LogP contribution in [0.5, 0.6) is 0 Å². The molecule has 1 N–H and O–H groups in total. The highest BCUT2D eigenvalue weighted by atomic mass is 32.2. The van der Waals surface area contributed by atoms with Crippen molar-refractivity contribution in [1.29, 1.82) is 0 Å². The van der Waals surface area contributed by atoms with E-state index in [1.54, 1.807) is 12.1 Å². The monoisotopic (exact) mass is 319 g/mol. The highest BCUT2D eigenvalue weighted by Gasteiger charge is 2.13. The van der Waals surface area contributed by atoms with Crippen molar-refractivity contribution in [3.63, 3.8) is 0 Å². The van der Waals surface area contributed by atoms with Crippen LogP contribution in [0, 0.1) is 0 Å². The molecule has 0 spiro atoms. The molecule has 0 atom stereocenters. The van der Waals surface area contributed by atoms with Gasteiger partial charge in [0.05, 0.1) is 11.4 Å². The van der Waals surface area contributed by atoms with Gasteiger partial charge in [0.25, 0.3) is 10.1 Å². The topological polar surface area (TPSA) is 109 Å². The van der Waals surface area contributed by atoms with Gasteiger partial charge in [-0.1, -0.05) is 18.2 Å². The van der Waals surface area contributed by atoms with Crippen molar-refractivity contribution in [1.82, 2.24) is 4.98 Å². The molecule has 0 saturated heterocycles. The molecule has 0 aliphatic heterocycles. The maximum Gasteiger partial charge on any atom is 0.294 e. The van der Waals surface area contributed by atoms with E-state index in [1.165, 1.54) is 37.4 Å². The summed E-state index contributed by atoms with van der Waals surface area (Å²) in [6.45, 7) is 1.41. The van der Waals surface area contributed by atoms with Gasteiger partial charge in [-0.3, -0.25) is 9.35 Å². The minimum absolute atomic E-state index is 0.0217. The van der Waals surface area contributed by atoms with Crippen LogP contribution >= 0.6 is 0 Å². The number of carbonyl (C=O) groups excluding carboxylic acids is 1. The number of carbonyl (C=O) groups is 1. The van der Waals surface area contributed by atoms with Crippen LogP contribution < -0.4 is 0 Å². The second-order valence-corrected chi connectivity index (χ2v) is 5.83. The molecule has 0 unspecified atom stereocenters. The molecule has 2 aromatic rings. The van der Waals surface area contributed by atoms with Gasteiger partial charge in [0.1, 0.15) is 0 Å². The Balaban J connectivity index is 2.15. The Labute approximate surface area is 127 Å². The fourth-order valence-corrected chi connectivity index (χ4v) is 2.44. The van der Waals surface area contributed by atoms with E-state index in [-0.39, 0.29) is 17.2 Å². The first-order valence-electron chi connectivity index (χ1n) is 6.28. The number of pyridine rings is 1. The highest BCUT2D eigenvalue weighted by Crippen LogP contribution is 2.17. The molecule has 0 aliphatic rings.